The van der Waals surface area contributed by atoms with Crippen LogP contribution in [0.25, 0.3) is 5.69 Å². The van der Waals surface area contributed by atoms with Gasteiger partial charge in [-0.25, -0.2) is 0 Å². The van der Waals surface area contributed by atoms with Gasteiger partial charge in [0.15, 0.2) is 0 Å². The van der Waals surface area contributed by atoms with Gasteiger partial charge < -0.3 is 5.32 Å². The summed E-state index contributed by atoms with van der Waals surface area (Å²) in [7, 11) is 0. The van der Waals surface area contributed by atoms with E-state index in [4.69, 9.17) is 0 Å². The molecule has 0 radical (unpaired) electrons. The molecule has 0 bridgehead atoms. The Bertz CT molecular complexity index is 840. The van der Waals surface area contributed by atoms with Crippen molar-refractivity contribution in [3.8, 4) is 11.8 Å². The van der Waals surface area contributed by atoms with Crippen molar-refractivity contribution in [1.82, 2.24) is 25.5 Å². The van der Waals surface area contributed by atoms with Crippen LogP contribution in [0.5, 0.6) is 0 Å². The van der Waals surface area contributed by atoms with Gasteiger partial charge in [0.2, 0.25) is 11.1 Å². The van der Waals surface area contributed by atoms with Gasteiger partial charge in [-0.05, 0) is 55.7 Å². The predicted octanol–water partition coefficient (Wildman–Crippen LogP) is 2.81. The van der Waals surface area contributed by atoms with Crippen LogP contribution in [0.15, 0.2) is 23.4 Å². The molecule has 8 heteroatoms. The number of aryl methyl sites for hydroxylation is 2. The van der Waals surface area contributed by atoms with Crippen molar-refractivity contribution in [3.05, 3.63) is 29.3 Å². The normalized spacial score (nSPS) is 14.5. The maximum atomic E-state index is 12.5. The van der Waals surface area contributed by atoms with E-state index in [-0.39, 0.29) is 11.8 Å². The van der Waals surface area contributed by atoms with E-state index in [2.05, 4.69) is 33.0 Å². The number of aromatic nitrogens is 4. The molecule has 26 heavy (non-hydrogen) atoms. The molecule has 1 aromatic carbocycles. The standard InChI is InChI=1S/C18H24N6OS/c1-11(2)18(6,10-19)20-16(25)14(5)26-17-21-22-23-24(17)15-8-7-12(3)9-13(15)4/h7-9,11,14H,1-6H3,(H,20,25). The lowest BCUT2D eigenvalue weighted by atomic mass is 9.90. The van der Waals surface area contributed by atoms with Crippen LogP contribution < -0.4 is 5.32 Å². The molecule has 1 heterocycles. The molecule has 0 saturated heterocycles. The van der Waals surface area contributed by atoms with Gasteiger partial charge in [0.1, 0.15) is 5.54 Å². The van der Waals surface area contributed by atoms with E-state index in [0.29, 0.717) is 5.16 Å². The fraction of sp³-hybridized carbons (Fsp3) is 0.500. The van der Waals surface area contributed by atoms with Crippen LogP contribution >= 0.6 is 11.8 Å². The molecule has 2 aromatic rings. The molecule has 138 valence electrons. The number of hydrogen-bond donors (Lipinski definition) is 1. The van der Waals surface area contributed by atoms with E-state index in [1.807, 2.05) is 39.8 Å². The summed E-state index contributed by atoms with van der Waals surface area (Å²) in [6.07, 6.45) is 0. The Balaban J connectivity index is 2.18. The summed E-state index contributed by atoms with van der Waals surface area (Å²) in [6.45, 7) is 11.3. The van der Waals surface area contributed by atoms with Crippen molar-refractivity contribution in [1.29, 1.82) is 5.26 Å². The van der Waals surface area contributed by atoms with Crippen LogP contribution in [0.4, 0.5) is 0 Å². The van der Waals surface area contributed by atoms with E-state index in [1.54, 1.807) is 18.5 Å². The molecule has 0 spiro atoms. The third kappa shape index (κ3) is 4.22. The van der Waals surface area contributed by atoms with Crippen molar-refractivity contribution in [2.24, 2.45) is 5.92 Å². The highest BCUT2D eigenvalue weighted by Crippen LogP contribution is 2.26. The van der Waals surface area contributed by atoms with Crippen molar-refractivity contribution in [3.63, 3.8) is 0 Å². The molecule has 1 N–H and O–H groups in total. The van der Waals surface area contributed by atoms with E-state index < -0.39 is 10.8 Å². The van der Waals surface area contributed by atoms with Crippen molar-refractivity contribution >= 4 is 17.7 Å². The summed E-state index contributed by atoms with van der Waals surface area (Å²) in [6, 6.07) is 8.20. The summed E-state index contributed by atoms with van der Waals surface area (Å²) in [4.78, 5) is 12.5. The fourth-order valence-electron chi connectivity index (χ4n) is 2.32. The molecule has 0 fully saturated rings. The van der Waals surface area contributed by atoms with Crippen molar-refractivity contribution in [2.75, 3.05) is 0 Å². The maximum Gasteiger partial charge on any atom is 0.234 e. The Hall–Kier alpha value is -2.40. The first kappa shape index (κ1) is 19.9. The van der Waals surface area contributed by atoms with Crippen LogP contribution in [0.2, 0.25) is 0 Å². The van der Waals surface area contributed by atoms with Crippen LogP contribution in [0.3, 0.4) is 0 Å². The Labute approximate surface area is 158 Å². The summed E-state index contributed by atoms with van der Waals surface area (Å²) < 4.78 is 1.63. The van der Waals surface area contributed by atoms with Gasteiger partial charge in [-0.15, -0.1) is 5.10 Å². The monoisotopic (exact) mass is 372 g/mol. The summed E-state index contributed by atoms with van der Waals surface area (Å²) in [5.74, 6) is -0.225. The number of nitriles is 1. The molecule has 0 saturated carbocycles. The van der Waals surface area contributed by atoms with Crippen molar-refractivity contribution < 1.29 is 4.79 Å². The minimum Gasteiger partial charge on any atom is -0.337 e. The molecular formula is C18H24N6OS. The average Bonchev–Trinajstić information content (AvgIpc) is 3.02. The number of thioether (sulfide) groups is 1. The summed E-state index contributed by atoms with van der Waals surface area (Å²) in [5.41, 5.74) is 2.17. The van der Waals surface area contributed by atoms with Gasteiger partial charge in [0.05, 0.1) is 17.0 Å². The second-order valence-electron chi connectivity index (χ2n) is 6.88. The Morgan fingerprint density at radius 1 is 1.35 bits per heavy atom. The number of carbonyl (C=O) groups excluding carboxylic acids is 1. The molecule has 2 unspecified atom stereocenters. The first-order chi connectivity index (χ1) is 12.2. The zero-order chi connectivity index (χ0) is 19.5. The highest BCUT2D eigenvalue weighted by molar-refractivity contribution is 8.00. The van der Waals surface area contributed by atoms with Gasteiger partial charge in [-0.1, -0.05) is 43.3 Å². The SMILES string of the molecule is Cc1ccc(-n2nnnc2SC(C)C(=O)NC(C)(C#N)C(C)C)c(C)c1. The van der Waals surface area contributed by atoms with Gasteiger partial charge in [0, 0.05) is 0 Å². The number of rotatable bonds is 6. The number of nitrogens with zero attached hydrogens (tertiary/aromatic N) is 5. The van der Waals surface area contributed by atoms with Gasteiger partial charge >= 0.3 is 0 Å². The topological polar surface area (TPSA) is 96.5 Å². The molecule has 0 aliphatic rings. The third-order valence-corrected chi connectivity index (χ3v) is 5.48. The Morgan fingerprint density at radius 3 is 2.62 bits per heavy atom. The Morgan fingerprint density at radius 2 is 2.04 bits per heavy atom. The second kappa shape index (κ2) is 7.87. The van der Waals surface area contributed by atoms with E-state index in [9.17, 15) is 10.1 Å². The smallest absolute Gasteiger partial charge is 0.234 e. The molecule has 2 atom stereocenters. The minimum absolute atomic E-state index is 0.00539. The first-order valence-corrected chi connectivity index (χ1v) is 9.32. The lowest BCUT2D eigenvalue weighted by Gasteiger charge is -2.28. The highest BCUT2D eigenvalue weighted by Gasteiger charge is 2.32. The third-order valence-electron chi connectivity index (χ3n) is 4.44. The lowest BCUT2D eigenvalue weighted by Crippen LogP contribution is -2.51. The van der Waals surface area contributed by atoms with Gasteiger partial charge in [0.25, 0.3) is 0 Å². The van der Waals surface area contributed by atoms with Crippen LogP contribution in [-0.2, 0) is 4.79 Å². The lowest BCUT2D eigenvalue weighted by molar-refractivity contribution is -0.121. The summed E-state index contributed by atoms with van der Waals surface area (Å²) >= 11 is 1.26. The quantitative estimate of drug-likeness (QED) is 0.783. The maximum absolute atomic E-state index is 12.5. The molecule has 7 nitrogen and oxygen atoms in total. The molecule has 2 rings (SSSR count). The number of nitrogens with one attached hydrogen (secondary N) is 1. The highest BCUT2D eigenvalue weighted by atomic mass is 32.2. The summed E-state index contributed by atoms with van der Waals surface area (Å²) in [5, 5.41) is 24.2. The van der Waals surface area contributed by atoms with Crippen molar-refractivity contribution in [2.45, 2.75) is 57.5 Å². The predicted molar refractivity (Wildman–Crippen MR) is 101 cm³/mol. The first-order valence-electron chi connectivity index (χ1n) is 8.44. The molecule has 0 aliphatic heterocycles. The number of benzene rings is 1. The van der Waals surface area contributed by atoms with Crippen LogP contribution in [-0.4, -0.2) is 36.9 Å². The van der Waals surface area contributed by atoms with Crippen LogP contribution in [0, 0.1) is 31.1 Å². The number of carbonyl (C=O) groups is 1. The average molecular weight is 372 g/mol. The fourth-order valence-corrected chi connectivity index (χ4v) is 3.12. The zero-order valence-corrected chi connectivity index (χ0v) is 16.8. The zero-order valence-electron chi connectivity index (χ0n) is 15.9. The molecule has 0 aliphatic carbocycles. The van der Waals surface area contributed by atoms with E-state index in [0.717, 1.165) is 16.8 Å². The largest absolute Gasteiger partial charge is 0.337 e. The Kier molecular flexibility index (Phi) is 6.03. The van der Waals surface area contributed by atoms with Gasteiger partial charge in [-0.2, -0.15) is 9.94 Å². The number of tetrazole rings is 1. The molecule has 1 aromatic heterocycles. The van der Waals surface area contributed by atoms with E-state index in [1.165, 1.54) is 11.8 Å². The number of hydrogen-bond acceptors (Lipinski definition) is 6. The van der Waals surface area contributed by atoms with Gasteiger partial charge in [-0.3, -0.25) is 4.79 Å². The second-order valence-corrected chi connectivity index (χ2v) is 8.19. The number of amides is 1. The molecule has 1 amide bonds. The van der Waals surface area contributed by atoms with Crippen LogP contribution in [0.1, 0.15) is 38.8 Å². The van der Waals surface area contributed by atoms with E-state index >= 15 is 0 Å². The minimum atomic E-state index is -0.911. The molecular weight excluding hydrogens is 348 g/mol.